The van der Waals surface area contributed by atoms with E-state index in [1.54, 1.807) is 0 Å². The van der Waals surface area contributed by atoms with Gasteiger partial charge in [-0.3, -0.25) is 4.21 Å². The van der Waals surface area contributed by atoms with Crippen LogP contribution in [-0.2, 0) is 11.4 Å². The van der Waals surface area contributed by atoms with Crippen LogP contribution in [0.3, 0.4) is 0 Å². The highest BCUT2D eigenvalue weighted by atomic mass is 33.1. The fourth-order valence-electron chi connectivity index (χ4n) is 0.0149. The van der Waals surface area contributed by atoms with E-state index in [0.29, 0.717) is 3.29 Å². The monoisotopic (exact) mass is 254 g/mol. The van der Waals surface area contributed by atoms with Crippen molar-refractivity contribution < 1.29 is 16.6 Å². The van der Waals surface area contributed by atoms with E-state index in [1.165, 1.54) is 22.0 Å². The molecule has 0 bridgehead atoms. The first-order valence-electron chi connectivity index (χ1n) is 2.12. The first-order valence-corrected chi connectivity index (χ1v) is 6.78. The maximum absolute atomic E-state index is 8.44. The van der Waals surface area contributed by atoms with Crippen LogP contribution in [0.4, 0.5) is 0 Å². The van der Waals surface area contributed by atoms with Crippen molar-refractivity contribution in [1.82, 2.24) is 0 Å². The second kappa shape index (κ2) is 8.05. The summed E-state index contributed by atoms with van der Waals surface area (Å²) in [6, 6.07) is 0. The smallest absolute Gasteiger partial charge is 0.156 e. The van der Waals surface area contributed by atoms with Crippen molar-refractivity contribution in [3.63, 3.8) is 0 Å². The number of thiol groups is 2. The second-order valence-corrected chi connectivity index (χ2v) is 5.39. The van der Waals surface area contributed by atoms with Gasteiger partial charge in [0.15, 0.2) is 22.0 Å². The Morgan fingerprint density at radius 1 is 1.27 bits per heavy atom. The van der Waals surface area contributed by atoms with Gasteiger partial charge in [-0.05, 0) is 23.3 Å². The predicted octanol–water partition coefficient (Wildman–Crippen LogP) is 1.04. The van der Waals surface area contributed by atoms with E-state index in [4.69, 9.17) is 13.3 Å². The topological polar surface area (TPSA) is 63.2 Å². The summed E-state index contributed by atoms with van der Waals surface area (Å²) in [6.45, 7) is 0. The zero-order valence-electron chi connectivity index (χ0n) is 5.79. The summed E-state index contributed by atoms with van der Waals surface area (Å²) in [6.07, 6.45) is 0. The summed E-state index contributed by atoms with van der Waals surface area (Å²) < 4.78 is 26.0. The van der Waals surface area contributed by atoms with Gasteiger partial charge in [-0.25, -0.2) is 0 Å². The molecular formula is C2H8NO3S5-. The molecule has 4 nitrogen and oxygen atoms in total. The van der Waals surface area contributed by atoms with Gasteiger partial charge in [-0.2, -0.15) is 3.29 Å². The largest absolute Gasteiger partial charge is 0.784 e. The lowest BCUT2D eigenvalue weighted by atomic mass is 11.3. The van der Waals surface area contributed by atoms with E-state index in [9.17, 15) is 0 Å². The third-order valence-corrected chi connectivity index (χ3v) is 4.74. The fraction of sp³-hybridized carbons (Fsp3) is 1.00. The standard InChI is InChI=1S/C2H7NS4.H2O3S/c1-3(2,6-4)7-5;1-4(2)3/h1-2H3,(H-,4,5);(H2,1,2,3)/p-1. The van der Waals surface area contributed by atoms with Crippen LogP contribution >= 0.6 is 45.3 Å². The number of quaternary nitrogens is 1. The number of hydrogen-bond acceptors (Lipinski definition) is 7. The Balaban J connectivity index is 0. The molecule has 0 heterocycles. The molecule has 0 aliphatic rings. The Morgan fingerprint density at radius 3 is 1.45 bits per heavy atom. The molecule has 0 saturated heterocycles. The maximum atomic E-state index is 8.44. The Bertz CT molecular complexity index is 108. The Kier molecular flexibility index (Phi) is 10.9. The lowest BCUT2D eigenvalue weighted by Gasteiger charge is -2.16. The molecule has 9 heteroatoms. The number of rotatable bonds is 2. The lowest BCUT2D eigenvalue weighted by Crippen LogP contribution is -2.17. The highest BCUT2D eigenvalue weighted by Crippen LogP contribution is 2.32. The lowest BCUT2D eigenvalue weighted by molar-refractivity contribution is -0.586. The van der Waals surface area contributed by atoms with Crippen LogP contribution in [0.15, 0.2) is 0 Å². The van der Waals surface area contributed by atoms with Gasteiger partial charge >= 0.3 is 0 Å². The first-order chi connectivity index (χ1) is 4.85. The van der Waals surface area contributed by atoms with Gasteiger partial charge in [-0.1, -0.05) is 0 Å². The van der Waals surface area contributed by atoms with Gasteiger partial charge in [0, 0.05) is 0 Å². The van der Waals surface area contributed by atoms with Crippen LogP contribution in [-0.4, -0.2) is 30.7 Å². The Hall–Kier alpha value is 1.43. The molecule has 0 radical (unpaired) electrons. The molecular weight excluding hydrogens is 246 g/mol. The molecule has 0 aromatic heterocycles. The van der Waals surface area contributed by atoms with Crippen molar-refractivity contribution in [2.24, 2.45) is 0 Å². The van der Waals surface area contributed by atoms with Crippen molar-refractivity contribution >= 4 is 56.6 Å². The van der Waals surface area contributed by atoms with Gasteiger partial charge < -0.3 is 9.11 Å². The Morgan fingerprint density at radius 2 is 1.45 bits per heavy atom. The normalized spacial score (nSPS) is 10.8. The second-order valence-electron chi connectivity index (χ2n) is 1.62. The molecule has 0 atom stereocenters. The third kappa shape index (κ3) is 18.4. The van der Waals surface area contributed by atoms with Gasteiger partial charge in [0.1, 0.15) is 0 Å². The highest BCUT2D eigenvalue weighted by molar-refractivity contribution is 8.72. The molecule has 0 N–H and O–H groups in total. The molecule has 11 heavy (non-hydrogen) atoms. The molecule has 0 amide bonds. The van der Waals surface area contributed by atoms with E-state index in [-0.39, 0.29) is 0 Å². The number of nitrogens with zero attached hydrogens (tertiary/aromatic N) is 1. The summed E-state index contributed by atoms with van der Waals surface area (Å²) in [4.78, 5) is 0. The SMILES string of the molecule is C[N+](C)(SS)SS.O=S([O-])[O-]. The third-order valence-electron chi connectivity index (χ3n) is 0.393. The van der Waals surface area contributed by atoms with Gasteiger partial charge in [0.2, 0.25) is 0 Å². The highest BCUT2D eigenvalue weighted by Gasteiger charge is 2.13. The van der Waals surface area contributed by atoms with Crippen LogP contribution in [0.2, 0.25) is 0 Å². The van der Waals surface area contributed by atoms with Crippen LogP contribution in [0.25, 0.3) is 0 Å². The molecule has 0 unspecified atom stereocenters. The molecule has 0 aliphatic heterocycles. The van der Waals surface area contributed by atoms with Crippen LogP contribution in [0, 0.1) is 0 Å². The van der Waals surface area contributed by atoms with E-state index in [0.717, 1.165) is 0 Å². The summed E-state index contributed by atoms with van der Waals surface area (Å²) >= 11 is 4.89. The minimum Gasteiger partial charge on any atom is -0.784 e. The molecule has 0 aromatic carbocycles. The van der Waals surface area contributed by atoms with E-state index >= 15 is 0 Å². The van der Waals surface area contributed by atoms with Crippen LogP contribution in [0.5, 0.6) is 0 Å². The first kappa shape index (κ1) is 14.9. The van der Waals surface area contributed by atoms with Crippen molar-refractivity contribution in [2.75, 3.05) is 14.1 Å². The molecule has 0 aromatic rings. The molecule has 0 spiro atoms. The summed E-state index contributed by atoms with van der Waals surface area (Å²) in [5.74, 6) is 0. The number of hydrogen-bond donors (Lipinski definition) is 2. The minimum atomic E-state index is -3.11. The summed E-state index contributed by atoms with van der Waals surface area (Å²) in [7, 11) is 6.91. The minimum absolute atomic E-state index is 0.701. The van der Waals surface area contributed by atoms with Gasteiger partial charge in [0.05, 0.1) is 14.1 Å². The van der Waals surface area contributed by atoms with Crippen LogP contribution in [0.1, 0.15) is 0 Å². The predicted molar refractivity (Wildman–Crippen MR) is 55.0 cm³/mol. The molecule has 0 aliphatic carbocycles. The van der Waals surface area contributed by atoms with Crippen molar-refractivity contribution in [1.29, 1.82) is 0 Å². The van der Waals surface area contributed by atoms with Crippen molar-refractivity contribution in [3.8, 4) is 0 Å². The average Bonchev–Trinajstić information content (AvgIpc) is 1.87. The molecule has 70 valence electrons. The van der Waals surface area contributed by atoms with Gasteiger partial charge in [-0.15, -0.1) is 11.4 Å². The summed E-state index contributed by atoms with van der Waals surface area (Å²) in [5.41, 5.74) is 0. The van der Waals surface area contributed by atoms with Gasteiger partial charge in [0.25, 0.3) is 0 Å². The van der Waals surface area contributed by atoms with Crippen molar-refractivity contribution in [2.45, 2.75) is 0 Å². The quantitative estimate of drug-likeness (QED) is 0.253. The Labute approximate surface area is 87.1 Å². The molecule has 0 rings (SSSR count). The average molecular weight is 254 g/mol. The fourth-order valence-corrected chi connectivity index (χ4v) is 1.21. The van der Waals surface area contributed by atoms with Crippen LogP contribution < -0.4 is 0 Å². The van der Waals surface area contributed by atoms with E-state index in [1.807, 2.05) is 14.1 Å². The van der Waals surface area contributed by atoms with E-state index < -0.39 is 11.4 Å². The zero-order valence-corrected chi connectivity index (χ0v) is 10.0. The molecule has 0 fully saturated rings. The maximum Gasteiger partial charge on any atom is 0.156 e. The summed E-state index contributed by atoms with van der Waals surface area (Å²) in [5, 5.41) is 0. The molecule has 0 saturated carbocycles. The van der Waals surface area contributed by atoms with Crippen molar-refractivity contribution in [3.05, 3.63) is 0 Å². The van der Waals surface area contributed by atoms with E-state index in [2.05, 4.69) is 23.3 Å². The zero-order chi connectivity index (χ0) is 9.49.